The van der Waals surface area contributed by atoms with Gasteiger partial charge in [0.15, 0.2) is 0 Å². The Bertz CT molecular complexity index is 476. The lowest BCUT2D eigenvalue weighted by Gasteiger charge is -2.30. The number of nitrogens with one attached hydrogen (secondary N) is 1. The Labute approximate surface area is 126 Å². The average Bonchev–Trinajstić information content (AvgIpc) is 2.48. The first-order valence-corrected chi connectivity index (χ1v) is 7.66. The second-order valence-electron chi connectivity index (χ2n) is 5.74. The van der Waals surface area contributed by atoms with E-state index in [-0.39, 0.29) is 11.9 Å². The molecule has 1 aliphatic rings. The third-order valence-corrected chi connectivity index (χ3v) is 3.93. The van der Waals surface area contributed by atoms with Crippen LogP contribution in [0.5, 0.6) is 0 Å². The van der Waals surface area contributed by atoms with Crippen LogP contribution in [0.3, 0.4) is 0 Å². The van der Waals surface area contributed by atoms with Gasteiger partial charge in [-0.1, -0.05) is 6.42 Å². The van der Waals surface area contributed by atoms with Crippen molar-refractivity contribution in [3.63, 3.8) is 0 Å². The second-order valence-corrected chi connectivity index (χ2v) is 5.74. The van der Waals surface area contributed by atoms with E-state index < -0.39 is 0 Å². The first kappa shape index (κ1) is 15.6. The number of hydrogen-bond donors (Lipinski definition) is 1. The van der Waals surface area contributed by atoms with Crippen molar-refractivity contribution in [3.05, 3.63) is 18.5 Å². The molecule has 1 aliphatic carbocycles. The van der Waals surface area contributed by atoms with Gasteiger partial charge in [-0.05, 0) is 32.3 Å². The maximum atomic E-state index is 11.9. The van der Waals surface area contributed by atoms with E-state index in [1.807, 2.05) is 33.3 Å². The molecule has 21 heavy (non-hydrogen) atoms. The van der Waals surface area contributed by atoms with E-state index in [1.54, 1.807) is 6.20 Å². The highest BCUT2D eigenvalue weighted by atomic mass is 16.5. The molecule has 0 aliphatic heterocycles. The van der Waals surface area contributed by atoms with Crippen LogP contribution in [-0.2, 0) is 9.53 Å². The van der Waals surface area contributed by atoms with Crippen molar-refractivity contribution in [2.75, 3.05) is 30.9 Å². The van der Waals surface area contributed by atoms with E-state index in [0.717, 1.165) is 37.1 Å². The molecule has 1 saturated carbocycles. The fraction of sp³-hybridized carbons (Fsp3) is 0.625. The molecule has 0 saturated heterocycles. The van der Waals surface area contributed by atoms with Gasteiger partial charge in [0, 0.05) is 26.3 Å². The summed E-state index contributed by atoms with van der Waals surface area (Å²) in [6.45, 7) is 2.32. The predicted octanol–water partition coefficient (Wildman–Crippen LogP) is 2.68. The maximum Gasteiger partial charge on any atom is 0.308 e. The summed E-state index contributed by atoms with van der Waals surface area (Å²) in [5.41, 5.74) is 2.14. The Morgan fingerprint density at radius 2 is 2.29 bits per heavy atom. The summed E-state index contributed by atoms with van der Waals surface area (Å²) in [6.07, 6.45) is 7.55. The summed E-state index contributed by atoms with van der Waals surface area (Å²) < 4.78 is 5.15. The van der Waals surface area contributed by atoms with E-state index in [9.17, 15) is 4.79 Å². The minimum Gasteiger partial charge on any atom is -0.466 e. The van der Waals surface area contributed by atoms with E-state index in [2.05, 4.69) is 15.2 Å². The Balaban J connectivity index is 2.01. The van der Waals surface area contributed by atoms with Crippen LogP contribution in [0.2, 0.25) is 0 Å². The predicted molar refractivity (Wildman–Crippen MR) is 84.6 cm³/mol. The van der Waals surface area contributed by atoms with Crippen molar-refractivity contribution in [3.8, 4) is 0 Å². The Morgan fingerprint density at radius 3 is 3.00 bits per heavy atom. The number of esters is 1. The van der Waals surface area contributed by atoms with Gasteiger partial charge in [0.05, 0.1) is 30.1 Å². The first-order valence-electron chi connectivity index (χ1n) is 7.66. The minimum atomic E-state index is -0.0528. The van der Waals surface area contributed by atoms with Crippen LogP contribution in [0.25, 0.3) is 0 Å². The molecule has 1 fully saturated rings. The van der Waals surface area contributed by atoms with Gasteiger partial charge in [-0.2, -0.15) is 0 Å². The number of rotatable bonds is 5. The highest BCUT2D eigenvalue weighted by Gasteiger charge is 2.28. The highest BCUT2D eigenvalue weighted by Crippen LogP contribution is 2.30. The Hall–Kier alpha value is -1.78. The lowest BCUT2D eigenvalue weighted by molar-refractivity contribution is -0.149. The van der Waals surface area contributed by atoms with Gasteiger partial charge in [0.1, 0.15) is 0 Å². The molecule has 0 amide bonds. The standard InChI is InChI=1S/C16H25N3O2/c1-4-21-16(20)12-6-5-7-13(10-12)18-14-11-17-9-8-15(14)19(2)3/h8-9,11-13,18H,4-7,10H2,1-3H3. The molecular formula is C16H25N3O2. The third kappa shape index (κ3) is 4.09. The smallest absolute Gasteiger partial charge is 0.308 e. The number of anilines is 2. The molecule has 0 bridgehead atoms. The van der Waals surface area contributed by atoms with Crippen LogP contribution in [0.1, 0.15) is 32.6 Å². The molecule has 5 heteroatoms. The van der Waals surface area contributed by atoms with E-state index >= 15 is 0 Å². The van der Waals surface area contributed by atoms with Crippen molar-refractivity contribution < 1.29 is 9.53 Å². The normalized spacial score (nSPS) is 21.7. The molecule has 1 N–H and O–H groups in total. The largest absolute Gasteiger partial charge is 0.466 e. The van der Waals surface area contributed by atoms with Crippen molar-refractivity contribution in [2.24, 2.45) is 5.92 Å². The van der Waals surface area contributed by atoms with Crippen molar-refractivity contribution >= 4 is 17.3 Å². The summed E-state index contributed by atoms with van der Waals surface area (Å²) >= 11 is 0. The Morgan fingerprint density at radius 1 is 1.48 bits per heavy atom. The van der Waals surface area contributed by atoms with E-state index in [1.165, 1.54) is 0 Å². The van der Waals surface area contributed by atoms with Gasteiger partial charge in [-0.25, -0.2) is 0 Å². The number of aromatic nitrogens is 1. The molecule has 2 rings (SSSR count). The van der Waals surface area contributed by atoms with E-state index in [0.29, 0.717) is 12.6 Å². The number of nitrogens with zero attached hydrogens (tertiary/aromatic N) is 2. The lowest BCUT2D eigenvalue weighted by atomic mass is 9.85. The molecule has 0 spiro atoms. The fourth-order valence-corrected chi connectivity index (χ4v) is 2.90. The first-order chi connectivity index (χ1) is 10.1. The third-order valence-electron chi connectivity index (χ3n) is 3.93. The molecule has 2 atom stereocenters. The van der Waals surface area contributed by atoms with Crippen molar-refractivity contribution in [1.82, 2.24) is 4.98 Å². The van der Waals surface area contributed by atoms with Crippen LogP contribution >= 0.6 is 0 Å². The number of pyridine rings is 1. The zero-order valence-electron chi connectivity index (χ0n) is 13.1. The number of carbonyl (C=O) groups is 1. The zero-order valence-corrected chi connectivity index (χ0v) is 13.1. The van der Waals surface area contributed by atoms with Crippen LogP contribution in [0, 0.1) is 5.92 Å². The lowest BCUT2D eigenvalue weighted by Crippen LogP contribution is -2.32. The van der Waals surface area contributed by atoms with Gasteiger partial charge in [-0.15, -0.1) is 0 Å². The number of carbonyl (C=O) groups excluding carboxylic acids is 1. The van der Waals surface area contributed by atoms with E-state index in [4.69, 9.17) is 4.74 Å². The topological polar surface area (TPSA) is 54.5 Å². The molecular weight excluding hydrogens is 266 g/mol. The summed E-state index contributed by atoms with van der Waals surface area (Å²) in [6, 6.07) is 2.30. The van der Waals surface area contributed by atoms with Gasteiger partial charge < -0.3 is 15.0 Å². The van der Waals surface area contributed by atoms with Gasteiger partial charge in [-0.3, -0.25) is 9.78 Å². The van der Waals surface area contributed by atoms with Crippen LogP contribution in [0.15, 0.2) is 18.5 Å². The van der Waals surface area contributed by atoms with Gasteiger partial charge in [0.25, 0.3) is 0 Å². The maximum absolute atomic E-state index is 11.9. The molecule has 116 valence electrons. The van der Waals surface area contributed by atoms with Crippen LogP contribution in [-0.4, -0.2) is 37.7 Å². The number of hydrogen-bond acceptors (Lipinski definition) is 5. The molecule has 1 aromatic rings. The quantitative estimate of drug-likeness (QED) is 0.845. The average molecular weight is 291 g/mol. The summed E-state index contributed by atoms with van der Waals surface area (Å²) in [5, 5.41) is 3.55. The molecule has 0 aromatic carbocycles. The monoisotopic (exact) mass is 291 g/mol. The van der Waals surface area contributed by atoms with Crippen LogP contribution in [0.4, 0.5) is 11.4 Å². The fourth-order valence-electron chi connectivity index (χ4n) is 2.90. The minimum absolute atomic E-state index is 0.0238. The van der Waals surface area contributed by atoms with Gasteiger partial charge in [0.2, 0.25) is 0 Å². The molecule has 1 aromatic heterocycles. The summed E-state index contributed by atoms with van der Waals surface area (Å²) in [7, 11) is 4.03. The molecule has 5 nitrogen and oxygen atoms in total. The number of ether oxygens (including phenoxy) is 1. The molecule has 2 unspecified atom stereocenters. The highest BCUT2D eigenvalue weighted by molar-refractivity contribution is 5.73. The van der Waals surface area contributed by atoms with Crippen molar-refractivity contribution in [2.45, 2.75) is 38.6 Å². The zero-order chi connectivity index (χ0) is 15.2. The summed E-state index contributed by atoms with van der Waals surface area (Å²) in [5.74, 6) is -0.0290. The SMILES string of the molecule is CCOC(=O)C1CCCC(Nc2cnccc2N(C)C)C1. The molecule has 1 heterocycles. The second kappa shape index (κ2) is 7.29. The Kier molecular flexibility index (Phi) is 5.42. The summed E-state index contributed by atoms with van der Waals surface area (Å²) in [4.78, 5) is 18.2. The van der Waals surface area contributed by atoms with Crippen molar-refractivity contribution in [1.29, 1.82) is 0 Å². The van der Waals surface area contributed by atoms with Gasteiger partial charge >= 0.3 is 5.97 Å². The molecule has 0 radical (unpaired) electrons. The van der Waals surface area contributed by atoms with Crippen LogP contribution < -0.4 is 10.2 Å².